The highest BCUT2D eigenvalue weighted by Gasteiger charge is 2.21. The zero-order chi connectivity index (χ0) is 16.2. The normalized spacial score (nSPS) is 21.3. The van der Waals surface area contributed by atoms with Gasteiger partial charge in [-0.15, -0.1) is 0 Å². The molecule has 0 bridgehead atoms. The van der Waals surface area contributed by atoms with E-state index < -0.39 is 0 Å². The van der Waals surface area contributed by atoms with Gasteiger partial charge >= 0.3 is 0 Å². The Kier molecular flexibility index (Phi) is 5.69. The van der Waals surface area contributed by atoms with Crippen LogP contribution in [0.1, 0.15) is 0 Å². The van der Waals surface area contributed by atoms with E-state index in [0.717, 1.165) is 30.6 Å². The van der Waals surface area contributed by atoms with E-state index >= 15 is 0 Å². The van der Waals surface area contributed by atoms with E-state index in [9.17, 15) is 0 Å². The third-order valence-corrected chi connectivity index (χ3v) is 5.28. The second kappa shape index (κ2) is 7.75. The summed E-state index contributed by atoms with van der Waals surface area (Å²) >= 11 is 14.3. The Morgan fingerprint density at radius 3 is 2.48 bits per heavy atom. The maximum atomic E-state index is 6.26. The van der Waals surface area contributed by atoms with Crippen LogP contribution in [0, 0.1) is 0 Å². The van der Waals surface area contributed by atoms with Crippen LogP contribution in [-0.4, -0.2) is 66.6 Å². The molecule has 0 unspecified atom stereocenters. The van der Waals surface area contributed by atoms with Crippen molar-refractivity contribution in [2.45, 2.75) is 0 Å². The maximum Gasteiger partial charge on any atom is 0.228 e. The summed E-state index contributed by atoms with van der Waals surface area (Å²) in [6, 6.07) is 5.38. The molecule has 1 aromatic rings. The molecule has 0 spiro atoms. The maximum absolute atomic E-state index is 6.26. The van der Waals surface area contributed by atoms with Crippen molar-refractivity contribution in [3.63, 3.8) is 0 Å². The second-order valence-corrected chi connectivity index (χ2v) is 7.12. The Hall–Kier alpha value is -0.950. The van der Waals surface area contributed by atoms with Crippen LogP contribution in [0.4, 0.5) is 5.69 Å². The third-order valence-electron chi connectivity index (χ3n) is 3.62. The minimum atomic E-state index is 0.524. The summed E-state index contributed by atoms with van der Waals surface area (Å²) in [5.74, 6) is 1.68. The molecule has 0 aromatic heterocycles. The molecule has 0 atom stereocenters. The number of amidine groups is 1. The van der Waals surface area contributed by atoms with Gasteiger partial charge in [-0.3, -0.25) is 0 Å². The molecule has 2 aliphatic rings. The van der Waals surface area contributed by atoms with Crippen molar-refractivity contribution < 1.29 is 4.74 Å². The molecule has 0 N–H and O–H groups in total. The number of benzene rings is 1. The average Bonchev–Trinajstić information content (AvgIpc) is 2.96. The molecule has 2 fully saturated rings. The Morgan fingerprint density at radius 1 is 1.17 bits per heavy atom. The number of rotatable bonds is 1. The van der Waals surface area contributed by atoms with Crippen molar-refractivity contribution in [1.82, 2.24) is 9.80 Å². The van der Waals surface area contributed by atoms with Gasteiger partial charge in [0.2, 0.25) is 5.96 Å². The fraction of sp³-hybridized carbons (Fsp3) is 0.467. The molecule has 124 valence electrons. The standard InChI is InChI=1S/C15H18Cl2N4OS/c1-20-7-10-23-15(20)19-14(21-5-8-22-9-6-21)18-13-11(16)3-2-4-12(13)17/h2-4H,5-10H2,1H3. The molecule has 2 heterocycles. The molecule has 0 aliphatic carbocycles. The van der Waals surface area contributed by atoms with Gasteiger partial charge in [0.15, 0.2) is 5.17 Å². The van der Waals surface area contributed by atoms with Gasteiger partial charge in [-0.1, -0.05) is 41.0 Å². The fourth-order valence-electron chi connectivity index (χ4n) is 2.31. The lowest BCUT2D eigenvalue weighted by Crippen LogP contribution is -2.40. The van der Waals surface area contributed by atoms with Crippen LogP contribution in [0.25, 0.3) is 0 Å². The van der Waals surface area contributed by atoms with E-state index in [-0.39, 0.29) is 0 Å². The van der Waals surface area contributed by atoms with Gasteiger partial charge in [0.05, 0.1) is 23.3 Å². The van der Waals surface area contributed by atoms with Crippen molar-refractivity contribution in [2.24, 2.45) is 9.98 Å². The number of ether oxygens (including phenoxy) is 1. The monoisotopic (exact) mass is 372 g/mol. The van der Waals surface area contributed by atoms with E-state index in [1.54, 1.807) is 23.9 Å². The van der Waals surface area contributed by atoms with Crippen molar-refractivity contribution >= 4 is 51.8 Å². The molecule has 2 saturated heterocycles. The van der Waals surface area contributed by atoms with Crippen LogP contribution in [0.2, 0.25) is 10.0 Å². The Bertz CT molecular complexity index is 612. The van der Waals surface area contributed by atoms with E-state index in [2.05, 4.69) is 14.8 Å². The summed E-state index contributed by atoms with van der Waals surface area (Å²) in [6.07, 6.45) is 0. The number of hydrogen-bond donors (Lipinski definition) is 0. The van der Waals surface area contributed by atoms with Crippen molar-refractivity contribution in [3.8, 4) is 0 Å². The van der Waals surface area contributed by atoms with Crippen LogP contribution in [-0.2, 0) is 4.74 Å². The summed E-state index contributed by atoms with van der Waals surface area (Å²) in [6.45, 7) is 3.84. The zero-order valence-electron chi connectivity index (χ0n) is 12.8. The quantitative estimate of drug-likeness (QED) is 0.559. The van der Waals surface area contributed by atoms with Gasteiger partial charge < -0.3 is 14.5 Å². The van der Waals surface area contributed by atoms with E-state index in [0.29, 0.717) is 34.9 Å². The Balaban J connectivity index is 1.98. The number of morpholine rings is 1. The van der Waals surface area contributed by atoms with Crippen molar-refractivity contribution in [2.75, 3.05) is 45.6 Å². The second-order valence-electron chi connectivity index (χ2n) is 5.25. The number of halogens is 2. The topological polar surface area (TPSA) is 40.4 Å². The zero-order valence-corrected chi connectivity index (χ0v) is 15.2. The van der Waals surface area contributed by atoms with Gasteiger partial charge in [0.25, 0.3) is 0 Å². The minimum Gasteiger partial charge on any atom is -0.378 e. The first-order valence-electron chi connectivity index (χ1n) is 7.43. The molecule has 23 heavy (non-hydrogen) atoms. The number of para-hydroxylation sites is 1. The molecular formula is C15H18Cl2N4OS. The van der Waals surface area contributed by atoms with Crippen LogP contribution in [0.3, 0.4) is 0 Å². The molecule has 3 rings (SSSR count). The lowest BCUT2D eigenvalue weighted by molar-refractivity contribution is 0.0676. The third kappa shape index (κ3) is 4.12. The van der Waals surface area contributed by atoms with E-state index in [1.807, 2.05) is 13.1 Å². The molecule has 5 nitrogen and oxygen atoms in total. The Labute approximate surface area is 150 Å². The summed E-state index contributed by atoms with van der Waals surface area (Å²) in [5, 5.41) is 2.02. The molecule has 0 amide bonds. The Morgan fingerprint density at radius 2 is 1.87 bits per heavy atom. The van der Waals surface area contributed by atoms with Crippen LogP contribution in [0.5, 0.6) is 0 Å². The van der Waals surface area contributed by atoms with Crippen LogP contribution >= 0.6 is 35.0 Å². The lowest BCUT2D eigenvalue weighted by Gasteiger charge is -2.28. The predicted molar refractivity (Wildman–Crippen MR) is 98.5 cm³/mol. The van der Waals surface area contributed by atoms with Gasteiger partial charge in [0.1, 0.15) is 5.69 Å². The SMILES string of the molecule is CN1CCSC1=NC(=Nc1c(Cl)cccc1Cl)N1CCOCC1. The summed E-state index contributed by atoms with van der Waals surface area (Å²) < 4.78 is 5.43. The van der Waals surface area contributed by atoms with E-state index in [1.165, 1.54) is 0 Å². The molecule has 0 radical (unpaired) electrons. The summed E-state index contributed by atoms with van der Waals surface area (Å²) in [7, 11) is 2.04. The predicted octanol–water partition coefficient (Wildman–Crippen LogP) is 3.35. The van der Waals surface area contributed by atoms with Gasteiger partial charge in [-0.2, -0.15) is 4.99 Å². The number of hydrogen-bond acceptors (Lipinski definition) is 3. The highest BCUT2D eigenvalue weighted by molar-refractivity contribution is 8.14. The fourth-order valence-corrected chi connectivity index (χ4v) is 3.80. The largest absolute Gasteiger partial charge is 0.378 e. The molecule has 8 heteroatoms. The molecule has 1 aromatic carbocycles. The van der Waals surface area contributed by atoms with Crippen LogP contribution in [0.15, 0.2) is 28.2 Å². The van der Waals surface area contributed by atoms with Crippen molar-refractivity contribution in [3.05, 3.63) is 28.2 Å². The molecule has 0 saturated carbocycles. The number of nitrogens with zero attached hydrogens (tertiary/aromatic N) is 4. The molecular weight excluding hydrogens is 355 g/mol. The first-order chi connectivity index (χ1) is 11.1. The van der Waals surface area contributed by atoms with Crippen LogP contribution < -0.4 is 0 Å². The van der Waals surface area contributed by atoms with Gasteiger partial charge in [0, 0.05) is 32.4 Å². The minimum absolute atomic E-state index is 0.524. The summed E-state index contributed by atoms with van der Waals surface area (Å²) in [5.41, 5.74) is 0.562. The first-order valence-corrected chi connectivity index (χ1v) is 9.17. The average molecular weight is 373 g/mol. The number of aliphatic imine (C=N–C) groups is 2. The lowest BCUT2D eigenvalue weighted by atomic mass is 10.3. The number of guanidine groups is 1. The highest BCUT2D eigenvalue weighted by Crippen LogP contribution is 2.33. The molecule has 2 aliphatic heterocycles. The highest BCUT2D eigenvalue weighted by atomic mass is 35.5. The summed E-state index contributed by atoms with van der Waals surface area (Å²) in [4.78, 5) is 13.7. The van der Waals surface area contributed by atoms with E-state index in [4.69, 9.17) is 32.9 Å². The van der Waals surface area contributed by atoms with Crippen molar-refractivity contribution in [1.29, 1.82) is 0 Å². The smallest absolute Gasteiger partial charge is 0.228 e. The van der Waals surface area contributed by atoms with Gasteiger partial charge in [-0.05, 0) is 12.1 Å². The number of thioether (sulfide) groups is 1. The van der Waals surface area contributed by atoms with Gasteiger partial charge in [-0.25, -0.2) is 4.99 Å². The first kappa shape index (κ1) is 16.9.